The highest BCUT2D eigenvalue weighted by atomic mass is 16.1. The lowest BCUT2D eigenvalue weighted by Crippen LogP contribution is -2.29. The predicted octanol–water partition coefficient (Wildman–Crippen LogP) is 0.991. The standard InChI is InChI=1S/C9H15N3O/c1-9(2,3)11-7-5-6-12(4)8(13)10-7/h5-6H,1-4H3,(H,10,11,13). The fourth-order valence-electron chi connectivity index (χ4n) is 0.919. The zero-order valence-corrected chi connectivity index (χ0v) is 8.46. The number of aryl methyl sites for hydroxylation is 1. The summed E-state index contributed by atoms with van der Waals surface area (Å²) in [5, 5.41) is 3.12. The summed E-state index contributed by atoms with van der Waals surface area (Å²) in [7, 11) is 1.68. The average molecular weight is 181 g/mol. The van der Waals surface area contributed by atoms with Gasteiger partial charge in [0.15, 0.2) is 0 Å². The molecule has 1 heterocycles. The molecule has 1 N–H and O–H groups in total. The minimum Gasteiger partial charge on any atom is -0.365 e. The first kappa shape index (κ1) is 9.77. The van der Waals surface area contributed by atoms with Gasteiger partial charge in [-0.25, -0.2) is 4.79 Å². The molecule has 0 unspecified atom stereocenters. The maximum Gasteiger partial charge on any atom is 0.349 e. The molecule has 13 heavy (non-hydrogen) atoms. The lowest BCUT2D eigenvalue weighted by molar-refractivity contribution is 0.627. The van der Waals surface area contributed by atoms with Gasteiger partial charge in [0.05, 0.1) is 0 Å². The molecule has 1 aromatic rings. The van der Waals surface area contributed by atoms with Crippen LogP contribution >= 0.6 is 0 Å². The molecule has 72 valence electrons. The van der Waals surface area contributed by atoms with Crippen molar-refractivity contribution in [2.45, 2.75) is 26.3 Å². The number of nitrogens with zero attached hydrogens (tertiary/aromatic N) is 2. The molecule has 0 saturated heterocycles. The molecule has 0 aliphatic carbocycles. The summed E-state index contributed by atoms with van der Waals surface area (Å²) in [6.45, 7) is 6.06. The van der Waals surface area contributed by atoms with Crippen LogP contribution in [0.5, 0.6) is 0 Å². The molecule has 0 fully saturated rings. The smallest absolute Gasteiger partial charge is 0.349 e. The van der Waals surface area contributed by atoms with Crippen LogP contribution in [0.2, 0.25) is 0 Å². The summed E-state index contributed by atoms with van der Waals surface area (Å²) in [5.74, 6) is 0.621. The van der Waals surface area contributed by atoms with Crippen LogP contribution in [0.4, 0.5) is 5.82 Å². The van der Waals surface area contributed by atoms with E-state index in [0.29, 0.717) is 5.82 Å². The van der Waals surface area contributed by atoms with Crippen molar-refractivity contribution >= 4 is 5.82 Å². The van der Waals surface area contributed by atoms with Crippen LogP contribution in [0, 0.1) is 0 Å². The third kappa shape index (κ3) is 2.89. The highest BCUT2D eigenvalue weighted by Crippen LogP contribution is 2.08. The number of hydrogen-bond donors (Lipinski definition) is 1. The van der Waals surface area contributed by atoms with Crippen LogP contribution < -0.4 is 11.0 Å². The van der Waals surface area contributed by atoms with Crippen LogP contribution in [-0.2, 0) is 7.05 Å². The van der Waals surface area contributed by atoms with Gasteiger partial charge in [0.1, 0.15) is 5.82 Å². The zero-order valence-electron chi connectivity index (χ0n) is 8.46. The molecule has 0 atom stereocenters. The Morgan fingerprint density at radius 2 is 2.08 bits per heavy atom. The van der Waals surface area contributed by atoms with E-state index >= 15 is 0 Å². The molecule has 0 aromatic carbocycles. The fourth-order valence-corrected chi connectivity index (χ4v) is 0.919. The lowest BCUT2D eigenvalue weighted by atomic mass is 10.1. The van der Waals surface area contributed by atoms with Crippen molar-refractivity contribution < 1.29 is 0 Å². The first-order valence-corrected chi connectivity index (χ1v) is 4.20. The van der Waals surface area contributed by atoms with E-state index in [9.17, 15) is 4.79 Å². The van der Waals surface area contributed by atoms with Crippen LogP contribution in [-0.4, -0.2) is 15.1 Å². The Morgan fingerprint density at radius 3 is 2.54 bits per heavy atom. The number of nitrogens with one attached hydrogen (secondary N) is 1. The van der Waals surface area contributed by atoms with Gasteiger partial charge in [-0.05, 0) is 26.8 Å². The van der Waals surface area contributed by atoms with E-state index in [2.05, 4.69) is 10.3 Å². The van der Waals surface area contributed by atoms with Gasteiger partial charge in [-0.15, -0.1) is 0 Å². The summed E-state index contributed by atoms with van der Waals surface area (Å²) in [6.07, 6.45) is 1.70. The molecule has 0 bridgehead atoms. The van der Waals surface area contributed by atoms with Crippen molar-refractivity contribution in [2.24, 2.45) is 7.05 Å². The second kappa shape index (κ2) is 3.20. The largest absolute Gasteiger partial charge is 0.365 e. The molecule has 0 saturated carbocycles. The van der Waals surface area contributed by atoms with Crippen LogP contribution in [0.3, 0.4) is 0 Å². The third-order valence-electron chi connectivity index (χ3n) is 1.48. The van der Waals surface area contributed by atoms with Crippen molar-refractivity contribution in [3.63, 3.8) is 0 Å². The van der Waals surface area contributed by atoms with E-state index in [1.807, 2.05) is 20.8 Å². The molecule has 0 spiro atoms. The number of rotatable bonds is 1. The molecule has 1 rings (SSSR count). The molecule has 0 aliphatic heterocycles. The number of aromatic nitrogens is 2. The minimum absolute atomic E-state index is 0.0701. The lowest BCUT2D eigenvalue weighted by Gasteiger charge is -2.20. The van der Waals surface area contributed by atoms with Crippen molar-refractivity contribution in [3.05, 3.63) is 22.7 Å². The van der Waals surface area contributed by atoms with E-state index in [4.69, 9.17) is 0 Å². The van der Waals surface area contributed by atoms with E-state index in [1.165, 1.54) is 4.57 Å². The summed E-state index contributed by atoms with van der Waals surface area (Å²) in [6, 6.07) is 1.78. The second-order valence-corrected chi connectivity index (χ2v) is 4.08. The molecule has 4 nitrogen and oxygen atoms in total. The topological polar surface area (TPSA) is 46.9 Å². The van der Waals surface area contributed by atoms with Crippen LogP contribution in [0.15, 0.2) is 17.1 Å². The van der Waals surface area contributed by atoms with Crippen molar-refractivity contribution in [3.8, 4) is 0 Å². The van der Waals surface area contributed by atoms with E-state index in [1.54, 1.807) is 19.3 Å². The van der Waals surface area contributed by atoms with Gasteiger partial charge in [0, 0.05) is 18.8 Å². The van der Waals surface area contributed by atoms with Gasteiger partial charge < -0.3 is 9.88 Å². The van der Waals surface area contributed by atoms with Gasteiger partial charge in [0.25, 0.3) is 0 Å². The summed E-state index contributed by atoms with van der Waals surface area (Å²) in [5.41, 5.74) is -0.312. The second-order valence-electron chi connectivity index (χ2n) is 4.08. The summed E-state index contributed by atoms with van der Waals surface area (Å²) in [4.78, 5) is 15.0. The summed E-state index contributed by atoms with van der Waals surface area (Å²) >= 11 is 0. The number of anilines is 1. The van der Waals surface area contributed by atoms with Crippen LogP contribution in [0.25, 0.3) is 0 Å². The molecule has 0 aliphatic rings. The molecule has 1 aromatic heterocycles. The molecule has 0 radical (unpaired) electrons. The van der Waals surface area contributed by atoms with Crippen molar-refractivity contribution in [2.75, 3.05) is 5.32 Å². The van der Waals surface area contributed by atoms with Crippen LogP contribution in [0.1, 0.15) is 20.8 Å². The fraction of sp³-hybridized carbons (Fsp3) is 0.556. The van der Waals surface area contributed by atoms with Gasteiger partial charge in [-0.2, -0.15) is 4.98 Å². The first-order valence-electron chi connectivity index (χ1n) is 4.20. The van der Waals surface area contributed by atoms with Gasteiger partial charge >= 0.3 is 5.69 Å². The molecular formula is C9H15N3O. The highest BCUT2D eigenvalue weighted by Gasteiger charge is 2.09. The van der Waals surface area contributed by atoms with Gasteiger partial charge in [0.2, 0.25) is 0 Å². The van der Waals surface area contributed by atoms with E-state index in [-0.39, 0.29) is 11.2 Å². The normalized spacial score (nSPS) is 11.4. The summed E-state index contributed by atoms with van der Waals surface area (Å²) < 4.78 is 1.44. The average Bonchev–Trinajstić information content (AvgIpc) is 1.94. The Morgan fingerprint density at radius 1 is 1.46 bits per heavy atom. The Labute approximate surface area is 77.6 Å². The van der Waals surface area contributed by atoms with Crippen molar-refractivity contribution in [1.82, 2.24) is 9.55 Å². The quantitative estimate of drug-likeness (QED) is 0.702. The van der Waals surface area contributed by atoms with Crippen molar-refractivity contribution in [1.29, 1.82) is 0 Å². The third-order valence-corrected chi connectivity index (χ3v) is 1.48. The molecule has 0 amide bonds. The van der Waals surface area contributed by atoms with Gasteiger partial charge in [-0.1, -0.05) is 0 Å². The minimum atomic E-state index is -0.241. The molecular weight excluding hydrogens is 166 g/mol. The van der Waals surface area contributed by atoms with E-state index < -0.39 is 0 Å². The van der Waals surface area contributed by atoms with Gasteiger partial charge in [-0.3, -0.25) is 0 Å². The first-order chi connectivity index (χ1) is 5.88. The maximum absolute atomic E-state index is 11.1. The van der Waals surface area contributed by atoms with E-state index in [0.717, 1.165) is 0 Å². The predicted molar refractivity (Wildman–Crippen MR) is 52.9 cm³/mol. The molecule has 4 heteroatoms. The highest BCUT2D eigenvalue weighted by molar-refractivity contribution is 5.34. The maximum atomic E-state index is 11.1. The Hall–Kier alpha value is -1.32. The zero-order chi connectivity index (χ0) is 10.1. The SMILES string of the molecule is Cn1ccc(NC(C)(C)C)nc1=O. The Kier molecular flexibility index (Phi) is 2.40. The monoisotopic (exact) mass is 181 g/mol. The Balaban J connectivity index is 2.93. The number of hydrogen-bond acceptors (Lipinski definition) is 3. The Bertz CT molecular complexity index is 349.